The van der Waals surface area contributed by atoms with Gasteiger partial charge in [-0.25, -0.2) is 0 Å². The van der Waals surface area contributed by atoms with E-state index in [-0.39, 0.29) is 5.91 Å². The van der Waals surface area contributed by atoms with Gasteiger partial charge in [0.25, 0.3) is 5.91 Å². The fraction of sp³-hybridized carbons (Fsp3) is 0.500. The second-order valence-corrected chi connectivity index (χ2v) is 5.67. The highest BCUT2D eigenvalue weighted by molar-refractivity contribution is 7.14. The predicted octanol–water partition coefficient (Wildman–Crippen LogP) is 3.76. The molecule has 1 amide bonds. The molecular weight excluding hydrogens is 230 g/mol. The van der Waals surface area contributed by atoms with Crippen LogP contribution in [-0.2, 0) is 6.42 Å². The quantitative estimate of drug-likeness (QED) is 0.814. The SMILES string of the molecule is CCCC=C1CCCCc2sc(C(N)=O)cc21. The molecule has 1 aliphatic carbocycles. The molecule has 0 aromatic carbocycles. The number of hydrogen-bond donors (Lipinski definition) is 1. The van der Waals surface area contributed by atoms with Crippen molar-refractivity contribution in [3.05, 3.63) is 27.5 Å². The fourth-order valence-electron chi connectivity index (χ4n) is 2.27. The highest BCUT2D eigenvalue weighted by Crippen LogP contribution is 2.35. The number of allylic oxidation sites excluding steroid dienone is 2. The summed E-state index contributed by atoms with van der Waals surface area (Å²) in [6, 6.07) is 2.00. The van der Waals surface area contributed by atoms with Gasteiger partial charge in [-0.3, -0.25) is 4.79 Å². The van der Waals surface area contributed by atoms with Crippen LogP contribution in [0.1, 0.15) is 59.1 Å². The maximum Gasteiger partial charge on any atom is 0.258 e. The molecule has 2 N–H and O–H groups in total. The number of rotatable bonds is 3. The van der Waals surface area contributed by atoms with E-state index in [0.717, 1.165) is 19.3 Å². The van der Waals surface area contributed by atoms with E-state index in [0.29, 0.717) is 4.88 Å². The van der Waals surface area contributed by atoms with Crippen LogP contribution in [0.4, 0.5) is 0 Å². The first-order valence-electron chi connectivity index (χ1n) is 6.34. The van der Waals surface area contributed by atoms with Crippen LogP contribution in [0.5, 0.6) is 0 Å². The second kappa shape index (κ2) is 5.50. The third-order valence-electron chi connectivity index (χ3n) is 3.18. The monoisotopic (exact) mass is 249 g/mol. The summed E-state index contributed by atoms with van der Waals surface area (Å²) in [5.74, 6) is -0.294. The molecule has 0 aliphatic heterocycles. The van der Waals surface area contributed by atoms with Crippen molar-refractivity contribution < 1.29 is 4.79 Å². The minimum Gasteiger partial charge on any atom is -0.365 e. The molecule has 92 valence electrons. The van der Waals surface area contributed by atoms with Gasteiger partial charge in [-0.2, -0.15) is 0 Å². The minimum absolute atomic E-state index is 0.294. The lowest BCUT2D eigenvalue weighted by Gasteiger charge is -2.03. The summed E-state index contributed by atoms with van der Waals surface area (Å²) in [5, 5.41) is 0. The molecule has 0 saturated heterocycles. The molecule has 1 aromatic heterocycles. The summed E-state index contributed by atoms with van der Waals surface area (Å²) in [4.78, 5) is 13.3. The fourth-order valence-corrected chi connectivity index (χ4v) is 3.36. The third kappa shape index (κ3) is 2.78. The average Bonchev–Trinajstić information content (AvgIpc) is 2.64. The van der Waals surface area contributed by atoms with Gasteiger partial charge in [-0.15, -0.1) is 11.3 Å². The molecule has 0 atom stereocenters. The Morgan fingerprint density at radius 1 is 1.47 bits per heavy atom. The van der Waals surface area contributed by atoms with Crippen molar-refractivity contribution in [2.75, 3.05) is 0 Å². The number of aryl methyl sites for hydroxylation is 1. The number of fused-ring (bicyclic) bond motifs is 1. The Morgan fingerprint density at radius 2 is 2.24 bits per heavy atom. The minimum atomic E-state index is -0.294. The molecule has 1 heterocycles. The predicted molar refractivity (Wildman–Crippen MR) is 73.3 cm³/mol. The van der Waals surface area contributed by atoms with Crippen LogP contribution < -0.4 is 5.73 Å². The summed E-state index contributed by atoms with van der Waals surface area (Å²) in [7, 11) is 0. The Morgan fingerprint density at radius 3 is 2.94 bits per heavy atom. The van der Waals surface area contributed by atoms with E-state index in [1.807, 2.05) is 6.07 Å². The van der Waals surface area contributed by atoms with Crippen LogP contribution >= 0.6 is 11.3 Å². The number of unbranched alkanes of at least 4 members (excludes halogenated alkanes) is 1. The van der Waals surface area contributed by atoms with E-state index in [2.05, 4.69) is 13.0 Å². The Hall–Kier alpha value is -1.09. The van der Waals surface area contributed by atoms with Crippen LogP contribution in [0.2, 0.25) is 0 Å². The molecule has 0 bridgehead atoms. The van der Waals surface area contributed by atoms with E-state index < -0.39 is 0 Å². The van der Waals surface area contributed by atoms with Crippen LogP contribution in [0.25, 0.3) is 5.57 Å². The number of hydrogen-bond acceptors (Lipinski definition) is 2. The van der Waals surface area contributed by atoms with Crippen LogP contribution in [0, 0.1) is 0 Å². The number of thiophene rings is 1. The number of amides is 1. The Labute approximate surface area is 107 Å². The smallest absolute Gasteiger partial charge is 0.258 e. The highest BCUT2D eigenvalue weighted by atomic mass is 32.1. The van der Waals surface area contributed by atoms with Crippen molar-refractivity contribution in [2.45, 2.75) is 45.4 Å². The highest BCUT2D eigenvalue weighted by Gasteiger charge is 2.17. The Kier molecular flexibility index (Phi) is 4.00. The lowest BCUT2D eigenvalue weighted by atomic mass is 10.0. The molecule has 1 aliphatic rings. The van der Waals surface area contributed by atoms with Crippen molar-refractivity contribution in [3.63, 3.8) is 0 Å². The molecule has 3 heteroatoms. The number of carbonyl (C=O) groups excluding carboxylic acids is 1. The van der Waals surface area contributed by atoms with Gasteiger partial charge in [-0.1, -0.05) is 19.4 Å². The van der Waals surface area contributed by atoms with Gasteiger partial charge in [0.2, 0.25) is 0 Å². The molecule has 0 spiro atoms. The van der Waals surface area contributed by atoms with Gasteiger partial charge < -0.3 is 5.73 Å². The van der Waals surface area contributed by atoms with Crippen molar-refractivity contribution in [1.29, 1.82) is 0 Å². The maximum atomic E-state index is 11.2. The Balaban J connectivity index is 2.37. The summed E-state index contributed by atoms with van der Waals surface area (Å²) >= 11 is 1.58. The first-order valence-corrected chi connectivity index (χ1v) is 7.16. The lowest BCUT2D eigenvalue weighted by molar-refractivity contribution is 0.100. The van der Waals surface area contributed by atoms with Gasteiger partial charge in [0.1, 0.15) is 0 Å². The first-order chi connectivity index (χ1) is 8.22. The van der Waals surface area contributed by atoms with Gasteiger partial charge in [0.05, 0.1) is 4.88 Å². The molecule has 0 saturated carbocycles. The van der Waals surface area contributed by atoms with Crippen molar-refractivity contribution in [2.24, 2.45) is 5.73 Å². The lowest BCUT2D eigenvalue weighted by Crippen LogP contribution is -2.08. The summed E-state index contributed by atoms with van der Waals surface area (Å²) < 4.78 is 0. The van der Waals surface area contributed by atoms with E-state index in [4.69, 9.17) is 5.73 Å². The number of carbonyl (C=O) groups is 1. The summed E-state index contributed by atoms with van der Waals surface area (Å²) in [6.07, 6.45) is 9.33. The normalized spacial score (nSPS) is 17.8. The van der Waals surface area contributed by atoms with E-state index in [1.54, 1.807) is 11.3 Å². The van der Waals surface area contributed by atoms with Gasteiger partial charge in [0.15, 0.2) is 0 Å². The van der Waals surface area contributed by atoms with Crippen LogP contribution in [0.15, 0.2) is 12.1 Å². The zero-order valence-electron chi connectivity index (χ0n) is 10.3. The number of primary amides is 1. The zero-order valence-corrected chi connectivity index (χ0v) is 11.1. The van der Waals surface area contributed by atoms with Gasteiger partial charge in [-0.05, 0) is 49.3 Å². The van der Waals surface area contributed by atoms with Crippen LogP contribution in [-0.4, -0.2) is 5.91 Å². The Bertz CT molecular complexity index is 445. The van der Waals surface area contributed by atoms with Gasteiger partial charge in [0, 0.05) is 4.88 Å². The second-order valence-electron chi connectivity index (χ2n) is 4.54. The molecule has 0 radical (unpaired) electrons. The van der Waals surface area contributed by atoms with E-state index >= 15 is 0 Å². The third-order valence-corrected chi connectivity index (χ3v) is 4.39. The molecular formula is C14H19NOS. The summed E-state index contributed by atoms with van der Waals surface area (Å²) in [6.45, 7) is 2.19. The van der Waals surface area contributed by atoms with E-state index in [9.17, 15) is 4.79 Å². The maximum absolute atomic E-state index is 11.2. The molecule has 0 fully saturated rings. The van der Waals surface area contributed by atoms with Crippen LogP contribution in [0.3, 0.4) is 0 Å². The molecule has 0 unspecified atom stereocenters. The standard InChI is InChI=1S/C14H19NOS/c1-2-3-6-10-7-4-5-8-12-11(10)9-13(17-12)14(15)16/h6,9H,2-5,7-8H2,1H3,(H2,15,16). The van der Waals surface area contributed by atoms with Crippen molar-refractivity contribution in [3.8, 4) is 0 Å². The molecule has 2 rings (SSSR count). The van der Waals surface area contributed by atoms with E-state index in [1.165, 1.54) is 35.3 Å². The first kappa shape index (κ1) is 12.4. The average molecular weight is 249 g/mol. The molecule has 17 heavy (non-hydrogen) atoms. The van der Waals surface area contributed by atoms with Crippen molar-refractivity contribution >= 4 is 22.8 Å². The zero-order chi connectivity index (χ0) is 12.3. The molecule has 1 aromatic rings. The van der Waals surface area contributed by atoms with Crippen molar-refractivity contribution in [1.82, 2.24) is 0 Å². The van der Waals surface area contributed by atoms with Gasteiger partial charge >= 0.3 is 0 Å². The molecule has 2 nitrogen and oxygen atoms in total. The largest absolute Gasteiger partial charge is 0.365 e. The summed E-state index contributed by atoms with van der Waals surface area (Å²) in [5.41, 5.74) is 8.07. The number of nitrogens with two attached hydrogens (primary N) is 1. The topological polar surface area (TPSA) is 43.1 Å².